The summed E-state index contributed by atoms with van der Waals surface area (Å²) in [5.41, 5.74) is 2.18. The molecule has 0 spiro atoms. The summed E-state index contributed by atoms with van der Waals surface area (Å²) in [6.07, 6.45) is 1.99. The smallest absolute Gasteiger partial charge is 0.339 e. The summed E-state index contributed by atoms with van der Waals surface area (Å²) in [5, 5.41) is 13.8. The third kappa shape index (κ3) is 2.57. The SMILES string of the molecule is CCCc1nn(-c2ccc(F)cc2)c(CC)c1C(=O)O. The minimum absolute atomic E-state index is 0.277. The Kier molecular flexibility index (Phi) is 4.17. The lowest BCUT2D eigenvalue weighted by molar-refractivity contribution is 0.0694. The number of aryl methyl sites for hydroxylation is 1. The van der Waals surface area contributed by atoms with E-state index in [0.29, 0.717) is 29.9 Å². The fraction of sp³-hybridized carbons (Fsp3) is 0.333. The van der Waals surface area contributed by atoms with Crippen LogP contribution in [-0.4, -0.2) is 20.9 Å². The van der Waals surface area contributed by atoms with Crippen molar-refractivity contribution in [1.82, 2.24) is 9.78 Å². The summed E-state index contributed by atoms with van der Waals surface area (Å²) in [5.74, 6) is -1.29. The zero-order chi connectivity index (χ0) is 14.7. The highest BCUT2D eigenvalue weighted by atomic mass is 19.1. The summed E-state index contributed by atoms with van der Waals surface area (Å²) in [6, 6.07) is 5.89. The standard InChI is InChI=1S/C15H17FN2O2/c1-3-5-12-14(15(19)20)13(4-2)18(17-12)11-8-6-10(16)7-9-11/h6-9H,3-5H2,1-2H3,(H,19,20). The molecule has 2 rings (SSSR count). The quantitative estimate of drug-likeness (QED) is 0.912. The van der Waals surface area contributed by atoms with Gasteiger partial charge in [-0.15, -0.1) is 0 Å². The van der Waals surface area contributed by atoms with Crippen molar-refractivity contribution in [3.8, 4) is 5.69 Å². The molecule has 0 atom stereocenters. The third-order valence-corrected chi connectivity index (χ3v) is 3.16. The van der Waals surface area contributed by atoms with E-state index in [0.717, 1.165) is 6.42 Å². The first-order chi connectivity index (χ1) is 9.58. The van der Waals surface area contributed by atoms with Gasteiger partial charge < -0.3 is 5.11 Å². The lowest BCUT2D eigenvalue weighted by Crippen LogP contribution is -2.06. The third-order valence-electron chi connectivity index (χ3n) is 3.16. The molecule has 1 aromatic carbocycles. The van der Waals surface area contributed by atoms with Crippen LogP contribution in [0.2, 0.25) is 0 Å². The van der Waals surface area contributed by atoms with E-state index in [1.165, 1.54) is 12.1 Å². The van der Waals surface area contributed by atoms with Crippen molar-refractivity contribution in [1.29, 1.82) is 0 Å². The Balaban J connectivity index is 2.60. The highest BCUT2D eigenvalue weighted by Crippen LogP contribution is 2.21. The average molecular weight is 276 g/mol. The molecule has 1 heterocycles. The number of carboxylic acid groups (broad SMARTS) is 1. The van der Waals surface area contributed by atoms with Crippen LogP contribution in [0, 0.1) is 5.82 Å². The second-order valence-electron chi connectivity index (χ2n) is 4.57. The molecule has 4 nitrogen and oxygen atoms in total. The monoisotopic (exact) mass is 276 g/mol. The molecule has 2 aromatic rings. The Bertz CT molecular complexity index is 618. The van der Waals surface area contributed by atoms with Crippen LogP contribution in [0.25, 0.3) is 5.69 Å². The molecule has 0 aliphatic rings. The van der Waals surface area contributed by atoms with Crippen LogP contribution in [0.1, 0.15) is 42.0 Å². The summed E-state index contributed by atoms with van der Waals surface area (Å²) in [7, 11) is 0. The maximum Gasteiger partial charge on any atom is 0.339 e. The van der Waals surface area contributed by atoms with Crippen LogP contribution in [0.4, 0.5) is 4.39 Å². The van der Waals surface area contributed by atoms with Gasteiger partial charge in [0.05, 0.1) is 17.1 Å². The van der Waals surface area contributed by atoms with Gasteiger partial charge >= 0.3 is 5.97 Å². The van der Waals surface area contributed by atoms with E-state index in [1.807, 2.05) is 13.8 Å². The van der Waals surface area contributed by atoms with Crippen molar-refractivity contribution in [3.05, 3.63) is 47.0 Å². The Morgan fingerprint density at radius 1 is 1.30 bits per heavy atom. The van der Waals surface area contributed by atoms with E-state index >= 15 is 0 Å². The summed E-state index contributed by atoms with van der Waals surface area (Å²) in [6.45, 7) is 3.87. The number of aromatic carboxylic acids is 1. The summed E-state index contributed by atoms with van der Waals surface area (Å²) in [4.78, 5) is 11.5. The predicted octanol–water partition coefficient (Wildman–Crippen LogP) is 3.22. The van der Waals surface area contributed by atoms with Crippen molar-refractivity contribution in [2.45, 2.75) is 33.1 Å². The van der Waals surface area contributed by atoms with E-state index < -0.39 is 5.97 Å². The molecule has 0 saturated heterocycles. The van der Waals surface area contributed by atoms with E-state index in [1.54, 1.807) is 16.8 Å². The van der Waals surface area contributed by atoms with Crippen LogP contribution >= 0.6 is 0 Å². The summed E-state index contributed by atoms with van der Waals surface area (Å²) >= 11 is 0. The summed E-state index contributed by atoms with van der Waals surface area (Å²) < 4.78 is 14.6. The Labute approximate surface area is 116 Å². The average Bonchev–Trinajstić information content (AvgIpc) is 2.78. The molecule has 1 aromatic heterocycles. The first-order valence-electron chi connectivity index (χ1n) is 6.68. The Morgan fingerprint density at radius 2 is 1.95 bits per heavy atom. The van der Waals surface area contributed by atoms with Crippen LogP contribution in [0.3, 0.4) is 0 Å². The molecule has 0 radical (unpaired) electrons. The lowest BCUT2D eigenvalue weighted by Gasteiger charge is -2.06. The van der Waals surface area contributed by atoms with Gasteiger partial charge in [0, 0.05) is 0 Å². The fourth-order valence-electron chi connectivity index (χ4n) is 2.28. The van der Waals surface area contributed by atoms with Gasteiger partial charge in [-0.05, 0) is 37.1 Å². The molecule has 20 heavy (non-hydrogen) atoms. The van der Waals surface area contributed by atoms with Gasteiger partial charge in [0.2, 0.25) is 0 Å². The molecule has 0 amide bonds. The molecular weight excluding hydrogens is 259 g/mol. The van der Waals surface area contributed by atoms with Crippen LogP contribution in [-0.2, 0) is 12.8 Å². The second-order valence-corrected chi connectivity index (χ2v) is 4.57. The number of benzene rings is 1. The number of carboxylic acids is 1. The molecule has 0 bridgehead atoms. The van der Waals surface area contributed by atoms with Gasteiger partial charge in [0.25, 0.3) is 0 Å². The minimum Gasteiger partial charge on any atom is -0.478 e. The topological polar surface area (TPSA) is 55.1 Å². The molecular formula is C15H17FN2O2. The largest absolute Gasteiger partial charge is 0.478 e. The maximum atomic E-state index is 13.0. The van der Waals surface area contributed by atoms with Gasteiger partial charge in [0.1, 0.15) is 11.4 Å². The van der Waals surface area contributed by atoms with Crippen molar-refractivity contribution < 1.29 is 14.3 Å². The molecule has 0 aliphatic heterocycles. The zero-order valence-electron chi connectivity index (χ0n) is 11.6. The van der Waals surface area contributed by atoms with Crippen LogP contribution in [0.15, 0.2) is 24.3 Å². The van der Waals surface area contributed by atoms with Gasteiger partial charge in [0.15, 0.2) is 0 Å². The van der Waals surface area contributed by atoms with E-state index in [9.17, 15) is 14.3 Å². The van der Waals surface area contributed by atoms with Gasteiger partial charge in [-0.3, -0.25) is 0 Å². The molecule has 1 N–H and O–H groups in total. The number of halogens is 1. The normalized spacial score (nSPS) is 10.8. The molecule has 0 fully saturated rings. The maximum absolute atomic E-state index is 13.0. The van der Waals surface area contributed by atoms with Crippen molar-refractivity contribution >= 4 is 5.97 Å². The lowest BCUT2D eigenvalue weighted by atomic mass is 10.1. The first-order valence-corrected chi connectivity index (χ1v) is 6.68. The van der Waals surface area contributed by atoms with E-state index in [2.05, 4.69) is 5.10 Å². The van der Waals surface area contributed by atoms with Gasteiger partial charge in [-0.25, -0.2) is 13.9 Å². The molecule has 5 heteroatoms. The number of aromatic nitrogens is 2. The van der Waals surface area contributed by atoms with E-state index in [4.69, 9.17) is 0 Å². The highest BCUT2D eigenvalue weighted by molar-refractivity contribution is 5.90. The van der Waals surface area contributed by atoms with Crippen LogP contribution in [0.5, 0.6) is 0 Å². The molecule has 0 unspecified atom stereocenters. The van der Waals surface area contributed by atoms with Crippen molar-refractivity contribution in [2.24, 2.45) is 0 Å². The number of hydrogen-bond acceptors (Lipinski definition) is 2. The zero-order valence-corrected chi connectivity index (χ0v) is 11.6. The van der Waals surface area contributed by atoms with E-state index in [-0.39, 0.29) is 11.4 Å². The Hall–Kier alpha value is -2.17. The first kappa shape index (κ1) is 14.2. The number of nitrogens with zero attached hydrogens (tertiary/aromatic N) is 2. The predicted molar refractivity (Wildman–Crippen MR) is 73.9 cm³/mol. The van der Waals surface area contributed by atoms with Gasteiger partial charge in [-0.2, -0.15) is 5.10 Å². The number of hydrogen-bond donors (Lipinski definition) is 1. The van der Waals surface area contributed by atoms with Crippen molar-refractivity contribution in [3.63, 3.8) is 0 Å². The number of rotatable bonds is 5. The Morgan fingerprint density at radius 3 is 2.45 bits per heavy atom. The minimum atomic E-state index is -0.960. The second kappa shape index (κ2) is 5.86. The van der Waals surface area contributed by atoms with Crippen LogP contribution < -0.4 is 0 Å². The highest BCUT2D eigenvalue weighted by Gasteiger charge is 2.22. The fourth-order valence-corrected chi connectivity index (χ4v) is 2.28. The van der Waals surface area contributed by atoms with Crippen molar-refractivity contribution in [2.75, 3.05) is 0 Å². The number of carbonyl (C=O) groups is 1. The molecule has 0 saturated carbocycles. The molecule has 0 aliphatic carbocycles. The molecule has 106 valence electrons. The van der Waals surface area contributed by atoms with Gasteiger partial charge in [-0.1, -0.05) is 20.3 Å².